The zero-order chi connectivity index (χ0) is 10.6. The Bertz CT molecular complexity index is 263. The summed E-state index contributed by atoms with van der Waals surface area (Å²) >= 11 is 11.6. The van der Waals surface area contributed by atoms with Crippen LogP contribution in [0.4, 0.5) is 0 Å². The maximum Gasteiger partial charge on any atom is 0.0731 e. The Morgan fingerprint density at radius 3 is 2.71 bits per heavy atom. The van der Waals surface area contributed by atoms with E-state index < -0.39 is 0 Å². The van der Waals surface area contributed by atoms with Crippen LogP contribution in [-0.4, -0.2) is 0 Å². The third-order valence-electron chi connectivity index (χ3n) is 2.25. The van der Waals surface area contributed by atoms with E-state index in [1.165, 1.54) is 33.5 Å². The van der Waals surface area contributed by atoms with Crippen LogP contribution in [0, 0.1) is 6.92 Å². The Morgan fingerprint density at radius 1 is 1.50 bits per heavy atom. The first-order valence-corrected chi connectivity index (χ1v) is 7.09. The molecule has 0 saturated heterocycles. The maximum atomic E-state index is 6.32. The quantitative estimate of drug-likeness (QED) is 0.484. The number of unbranched alkanes of at least 4 members (excludes halogenated alkanes) is 2. The minimum absolute atomic E-state index is 0.205. The van der Waals surface area contributed by atoms with E-state index >= 15 is 0 Å². The zero-order valence-corrected chi connectivity index (χ0v) is 11.8. The second-order valence-corrected chi connectivity index (χ2v) is 6.50. The van der Waals surface area contributed by atoms with Gasteiger partial charge >= 0.3 is 0 Å². The molecule has 0 radical (unpaired) electrons. The van der Waals surface area contributed by atoms with Gasteiger partial charge in [0.1, 0.15) is 0 Å². The maximum absolute atomic E-state index is 6.32. The first-order chi connectivity index (χ1) is 6.65. The van der Waals surface area contributed by atoms with Crippen LogP contribution in [0.5, 0.6) is 0 Å². The smallest absolute Gasteiger partial charge is 0.0731 e. The molecule has 1 unspecified atom stereocenters. The van der Waals surface area contributed by atoms with E-state index in [-0.39, 0.29) is 5.38 Å². The summed E-state index contributed by atoms with van der Waals surface area (Å²) in [6, 6.07) is 2.19. The van der Waals surface area contributed by atoms with E-state index in [0.29, 0.717) is 0 Å². The summed E-state index contributed by atoms with van der Waals surface area (Å²) in [6.45, 7) is 4.33. The molecule has 0 bridgehead atoms. The van der Waals surface area contributed by atoms with Crippen LogP contribution >= 0.6 is 38.9 Å². The van der Waals surface area contributed by atoms with Crippen LogP contribution in [0.2, 0.25) is 0 Å². The lowest BCUT2D eigenvalue weighted by atomic mass is 10.1. The van der Waals surface area contributed by atoms with Crippen LogP contribution in [-0.2, 0) is 0 Å². The highest BCUT2D eigenvalue weighted by molar-refractivity contribution is 9.11. The molecule has 0 nitrogen and oxygen atoms in total. The van der Waals surface area contributed by atoms with Crippen molar-refractivity contribution in [1.82, 2.24) is 0 Å². The SMILES string of the molecule is CCCCCC(Cl)c1cc(C)c(Br)s1. The Balaban J connectivity index is 2.47. The summed E-state index contributed by atoms with van der Waals surface area (Å²) in [5, 5.41) is 0.205. The fourth-order valence-electron chi connectivity index (χ4n) is 1.35. The summed E-state index contributed by atoms with van der Waals surface area (Å²) in [6.07, 6.45) is 4.88. The second kappa shape index (κ2) is 6.14. The second-order valence-electron chi connectivity index (χ2n) is 3.57. The minimum Gasteiger partial charge on any atom is -0.131 e. The molecule has 0 fully saturated rings. The van der Waals surface area contributed by atoms with Gasteiger partial charge in [-0.2, -0.15) is 0 Å². The van der Waals surface area contributed by atoms with Crippen LogP contribution in [0.15, 0.2) is 9.85 Å². The Hall–Kier alpha value is 0.470. The van der Waals surface area contributed by atoms with Gasteiger partial charge in [0.05, 0.1) is 9.16 Å². The van der Waals surface area contributed by atoms with E-state index in [1.807, 2.05) is 0 Å². The standard InChI is InChI=1S/C11H16BrClS/c1-3-4-5-6-9(13)10-7-8(2)11(12)14-10/h7,9H,3-6H2,1-2H3. The van der Waals surface area contributed by atoms with Crippen LogP contribution in [0.25, 0.3) is 0 Å². The minimum atomic E-state index is 0.205. The number of aryl methyl sites for hydroxylation is 1. The molecule has 0 aliphatic rings. The van der Waals surface area contributed by atoms with Crippen molar-refractivity contribution < 1.29 is 0 Å². The Kier molecular flexibility index (Phi) is 5.50. The normalized spacial score (nSPS) is 13.1. The van der Waals surface area contributed by atoms with Crippen molar-refractivity contribution in [3.8, 4) is 0 Å². The van der Waals surface area contributed by atoms with E-state index in [1.54, 1.807) is 11.3 Å². The molecule has 80 valence electrons. The molecule has 1 atom stereocenters. The number of hydrogen-bond acceptors (Lipinski definition) is 1. The topological polar surface area (TPSA) is 0 Å². The molecular formula is C11H16BrClS. The number of rotatable bonds is 5. The van der Waals surface area contributed by atoms with E-state index in [4.69, 9.17) is 11.6 Å². The predicted molar refractivity (Wildman–Crippen MR) is 69.5 cm³/mol. The van der Waals surface area contributed by atoms with Gasteiger partial charge in [-0.05, 0) is 40.9 Å². The van der Waals surface area contributed by atoms with E-state index in [0.717, 1.165) is 6.42 Å². The molecule has 3 heteroatoms. The molecule has 0 N–H and O–H groups in total. The Labute approximate surface area is 104 Å². The first kappa shape index (κ1) is 12.5. The Morgan fingerprint density at radius 2 is 2.21 bits per heavy atom. The van der Waals surface area contributed by atoms with Gasteiger partial charge < -0.3 is 0 Å². The van der Waals surface area contributed by atoms with Gasteiger partial charge in [-0.1, -0.05) is 26.2 Å². The molecule has 1 heterocycles. The molecule has 1 aromatic rings. The van der Waals surface area contributed by atoms with Gasteiger partial charge in [0, 0.05) is 4.88 Å². The molecular weight excluding hydrogens is 280 g/mol. The lowest BCUT2D eigenvalue weighted by molar-refractivity contribution is 0.659. The van der Waals surface area contributed by atoms with Crippen LogP contribution < -0.4 is 0 Å². The highest BCUT2D eigenvalue weighted by atomic mass is 79.9. The molecule has 0 spiro atoms. The van der Waals surface area contributed by atoms with Crippen molar-refractivity contribution in [2.24, 2.45) is 0 Å². The zero-order valence-electron chi connectivity index (χ0n) is 8.65. The van der Waals surface area contributed by atoms with Crippen molar-refractivity contribution in [3.05, 3.63) is 20.3 Å². The third kappa shape index (κ3) is 3.56. The van der Waals surface area contributed by atoms with Gasteiger partial charge in [-0.3, -0.25) is 0 Å². The van der Waals surface area contributed by atoms with Gasteiger partial charge in [-0.15, -0.1) is 22.9 Å². The van der Waals surface area contributed by atoms with E-state index in [9.17, 15) is 0 Å². The summed E-state index contributed by atoms with van der Waals surface area (Å²) in [5.41, 5.74) is 1.30. The summed E-state index contributed by atoms with van der Waals surface area (Å²) in [7, 11) is 0. The highest BCUT2D eigenvalue weighted by Gasteiger charge is 2.11. The lowest BCUT2D eigenvalue weighted by Gasteiger charge is -2.05. The summed E-state index contributed by atoms with van der Waals surface area (Å²) in [5.74, 6) is 0. The van der Waals surface area contributed by atoms with Gasteiger partial charge in [0.2, 0.25) is 0 Å². The number of thiophene rings is 1. The van der Waals surface area contributed by atoms with Crippen LogP contribution in [0.1, 0.15) is 48.4 Å². The largest absolute Gasteiger partial charge is 0.131 e. The fraction of sp³-hybridized carbons (Fsp3) is 0.636. The number of halogens is 2. The number of hydrogen-bond donors (Lipinski definition) is 0. The van der Waals surface area contributed by atoms with Crippen molar-refractivity contribution in [2.45, 2.75) is 44.9 Å². The third-order valence-corrected chi connectivity index (χ3v) is 5.08. The van der Waals surface area contributed by atoms with Crippen molar-refractivity contribution in [2.75, 3.05) is 0 Å². The molecule has 0 aromatic carbocycles. The molecule has 0 aliphatic carbocycles. The van der Waals surface area contributed by atoms with Crippen LogP contribution in [0.3, 0.4) is 0 Å². The fourth-order valence-corrected chi connectivity index (χ4v) is 3.29. The monoisotopic (exact) mass is 294 g/mol. The average Bonchev–Trinajstić information content (AvgIpc) is 2.47. The van der Waals surface area contributed by atoms with E-state index in [2.05, 4.69) is 35.8 Å². The molecule has 14 heavy (non-hydrogen) atoms. The van der Waals surface area contributed by atoms with Gasteiger partial charge in [0.25, 0.3) is 0 Å². The molecule has 0 saturated carbocycles. The van der Waals surface area contributed by atoms with Crippen molar-refractivity contribution >= 4 is 38.9 Å². The lowest BCUT2D eigenvalue weighted by Crippen LogP contribution is -1.86. The highest BCUT2D eigenvalue weighted by Crippen LogP contribution is 2.36. The van der Waals surface area contributed by atoms with Crippen molar-refractivity contribution in [1.29, 1.82) is 0 Å². The molecule has 1 aromatic heterocycles. The van der Waals surface area contributed by atoms with Crippen molar-refractivity contribution in [3.63, 3.8) is 0 Å². The first-order valence-electron chi connectivity index (χ1n) is 5.05. The average molecular weight is 296 g/mol. The van der Waals surface area contributed by atoms with Gasteiger partial charge in [-0.25, -0.2) is 0 Å². The molecule has 0 aliphatic heterocycles. The molecule has 1 rings (SSSR count). The number of alkyl halides is 1. The molecule has 0 amide bonds. The predicted octanol–water partition coefficient (Wildman–Crippen LogP) is 5.68. The van der Waals surface area contributed by atoms with Gasteiger partial charge in [0.15, 0.2) is 0 Å². The summed E-state index contributed by atoms with van der Waals surface area (Å²) < 4.78 is 1.22. The summed E-state index contributed by atoms with van der Waals surface area (Å²) in [4.78, 5) is 1.30.